The molecule has 0 fully saturated rings. The second kappa shape index (κ2) is 10.1. The first kappa shape index (κ1) is 23.7. The summed E-state index contributed by atoms with van der Waals surface area (Å²) in [7, 11) is 3.39. The van der Waals surface area contributed by atoms with E-state index in [-0.39, 0.29) is 24.2 Å². The van der Waals surface area contributed by atoms with E-state index in [1.54, 1.807) is 35.9 Å². The van der Waals surface area contributed by atoms with Crippen LogP contribution in [0.3, 0.4) is 0 Å². The highest BCUT2D eigenvalue weighted by Crippen LogP contribution is 2.30. The van der Waals surface area contributed by atoms with Gasteiger partial charge < -0.3 is 10.6 Å². The Morgan fingerprint density at radius 1 is 1.09 bits per heavy atom. The van der Waals surface area contributed by atoms with Gasteiger partial charge in [0.2, 0.25) is 5.91 Å². The fourth-order valence-corrected chi connectivity index (χ4v) is 3.66. The summed E-state index contributed by atoms with van der Waals surface area (Å²) in [5.41, 5.74) is 4.09. The standard InChI is InChI=1S/C25H26FN5O2/c1-16-17(2)31(21-11-9-20(26)10-12-21)24(22(16)13-27)29-23(32)15-30(4)14-18-5-7-19(8-6-18)25(33)28-3/h5-12H,14-15H2,1-4H3,(H,28,33)(H,29,32). The maximum atomic E-state index is 13.4. The van der Waals surface area contributed by atoms with Gasteiger partial charge in [-0.15, -0.1) is 0 Å². The number of benzene rings is 2. The van der Waals surface area contributed by atoms with E-state index < -0.39 is 0 Å². The van der Waals surface area contributed by atoms with Crippen LogP contribution in [0, 0.1) is 31.0 Å². The number of nitrogens with one attached hydrogen (secondary N) is 2. The second-order valence-electron chi connectivity index (χ2n) is 7.85. The predicted octanol–water partition coefficient (Wildman–Crippen LogP) is 3.54. The van der Waals surface area contributed by atoms with E-state index in [1.807, 2.05) is 37.9 Å². The molecule has 8 heteroatoms. The SMILES string of the molecule is CNC(=O)c1ccc(CN(C)CC(=O)Nc2c(C#N)c(C)c(C)n2-c2ccc(F)cc2)cc1. The van der Waals surface area contributed by atoms with Crippen molar-refractivity contribution >= 4 is 17.6 Å². The molecule has 0 aliphatic carbocycles. The second-order valence-corrected chi connectivity index (χ2v) is 7.85. The molecule has 0 spiro atoms. The van der Waals surface area contributed by atoms with E-state index in [0.717, 1.165) is 16.8 Å². The lowest BCUT2D eigenvalue weighted by Gasteiger charge is -2.18. The minimum atomic E-state index is -0.364. The molecule has 0 bridgehead atoms. The molecule has 2 N–H and O–H groups in total. The van der Waals surface area contributed by atoms with Crippen molar-refractivity contribution in [3.05, 3.63) is 82.3 Å². The van der Waals surface area contributed by atoms with Gasteiger partial charge in [-0.05, 0) is 68.4 Å². The molecule has 0 radical (unpaired) electrons. The Morgan fingerprint density at radius 3 is 2.30 bits per heavy atom. The highest BCUT2D eigenvalue weighted by Gasteiger charge is 2.21. The molecule has 0 aliphatic heterocycles. The van der Waals surface area contributed by atoms with Crippen molar-refractivity contribution in [2.24, 2.45) is 0 Å². The monoisotopic (exact) mass is 447 g/mol. The summed E-state index contributed by atoms with van der Waals surface area (Å²) in [4.78, 5) is 26.3. The Balaban J connectivity index is 1.76. The van der Waals surface area contributed by atoms with Gasteiger partial charge in [-0.2, -0.15) is 5.26 Å². The molecule has 7 nitrogen and oxygen atoms in total. The smallest absolute Gasteiger partial charge is 0.251 e. The quantitative estimate of drug-likeness (QED) is 0.580. The number of anilines is 1. The maximum absolute atomic E-state index is 13.4. The van der Waals surface area contributed by atoms with E-state index in [9.17, 15) is 19.2 Å². The fraction of sp³-hybridized carbons (Fsp3) is 0.240. The van der Waals surface area contributed by atoms with Crippen LogP contribution in [0.15, 0.2) is 48.5 Å². The van der Waals surface area contributed by atoms with E-state index in [2.05, 4.69) is 16.7 Å². The first-order chi connectivity index (χ1) is 15.7. The van der Waals surface area contributed by atoms with Crippen LogP contribution in [0.25, 0.3) is 5.69 Å². The number of carbonyl (C=O) groups excluding carboxylic acids is 2. The predicted molar refractivity (Wildman–Crippen MR) is 125 cm³/mol. The lowest BCUT2D eigenvalue weighted by Crippen LogP contribution is -2.30. The number of nitriles is 1. The number of hydrogen-bond donors (Lipinski definition) is 2. The van der Waals surface area contributed by atoms with Crippen molar-refractivity contribution < 1.29 is 14.0 Å². The number of rotatable bonds is 7. The fourth-order valence-electron chi connectivity index (χ4n) is 3.66. The molecule has 0 unspecified atom stereocenters. The van der Waals surface area contributed by atoms with Crippen molar-refractivity contribution in [3.8, 4) is 11.8 Å². The number of nitrogens with zero attached hydrogens (tertiary/aromatic N) is 3. The molecule has 3 aromatic rings. The summed E-state index contributed by atoms with van der Waals surface area (Å²) in [6.45, 7) is 4.26. The van der Waals surface area contributed by atoms with Gasteiger partial charge in [0.25, 0.3) is 5.91 Å². The zero-order valence-corrected chi connectivity index (χ0v) is 19.1. The molecule has 0 atom stereocenters. The van der Waals surface area contributed by atoms with Gasteiger partial charge in [0.15, 0.2) is 0 Å². The van der Waals surface area contributed by atoms with Gasteiger partial charge in [-0.3, -0.25) is 19.1 Å². The highest BCUT2D eigenvalue weighted by molar-refractivity contribution is 5.94. The Bertz CT molecular complexity index is 1210. The van der Waals surface area contributed by atoms with Gasteiger partial charge >= 0.3 is 0 Å². The van der Waals surface area contributed by atoms with Crippen LogP contribution in [0.1, 0.15) is 32.7 Å². The van der Waals surface area contributed by atoms with Crippen molar-refractivity contribution in [2.75, 3.05) is 26.0 Å². The van der Waals surface area contributed by atoms with Gasteiger partial charge in [-0.25, -0.2) is 4.39 Å². The first-order valence-electron chi connectivity index (χ1n) is 10.4. The molecular formula is C25H26FN5O2. The number of carbonyl (C=O) groups is 2. The molecule has 0 aliphatic rings. The first-order valence-corrected chi connectivity index (χ1v) is 10.4. The summed E-state index contributed by atoms with van der Waals surface area (Å²) >= 11 is 0. The molecule has 170 valence electrons. The molecule has 33 heavy (non-hydrogen) atoms. The Morgan fingerprint density at radius 2 is 1.73 bits per heavy atom. The number of aromatic nitrogens is 1. The molecule has 0 saturated carbocycles. The van der Waals surface area contributed by atoms with Crippen molar-refractivity contribution in [2.45, 2.75) is 20.4 Å². The van der Waals surface area contributed by atoms with Crippen LogP contribution in [-0.4, -0.2) is 41.9 Å². The topological polar surface area (TPSA) is 90.2 Å². The number of likely N-dealkylation sites (N-methyl/N-ethyl adjacent to an activating group) is 1. The van der Waals surface area contributed by atoms with Crippen LogP contribution in [0.4, 0.5) is 10.2 Å². The Kier molecular flexibility index (Phi) is 7.26. The van der Waals surface area contributed by atoms with E-state index in [4.69, 9.17) is 0 Å². The Labute approximate surface area is 192 Å². The van der Waals surface area contributed by atoms with Gasteiger partial charge in [0, 0.05) is 30.5 Å². The lowest BCUT2D eigenvalue weighted by molar-refractivity contribution is -0.117. The molecule has 2 amide bonds. The van der Waals surface area contributed by atoms with Crippen LogP contribution in [-0.2, 0) is 11.3 Å². The summed E-state index contributed by atoms with van der Waals surface area (Å²) in [5, 5.41) is 15.1. The molecule has 3 rings (SSSR count). The summed E-state index contributed by atoms with van der Waals surface area (Å²) in [6, 6.07) is 15.2. The normalized spacial score (nSPS) is 10.7. The molecular weight excluding hydrogens is 421 g/mol. The van der Waals surface area contributed by atoms with E-state index in [1.165, 1.54) is 12.1 Å². The third kappa shape index (κ3) is 5.27. The van der Waals surface area contributed by atoms with E-state index >= 15 is 0 Å². The van der Waals surface area contributed by atoms with Crippen molar-refractivity contribution in [3.63, 3.8) is 0 Å². The van der Waals surface area contributed by atoms with Crippen molar-refractivity contribution in [1.82, 2.24) is 14.8 Å². The summed E-state index contributed by atoms with van der Waals surface area (Å²) < 4.78 is 15.2. The molecule has 0 saturated heterocycles. The lowest BCUT2D eigenvalue weighted by atomic mass is 10.1. The minimum absolute atomic E-state index is 0.0920. The van der Waals surface area contributed by atoms with E-state index in [0.29, 0.717) is 29.2 Å². The summed E-state index contributed by atoms with van der Waals surface area (Å²) in [5.74, 6) is -0.432. The van der Waals surface area contributed by atoms with Crippen LogP contribution in [0.5, 0.6) is 0 Å². The zero-order chi connectivity index (χ0) is 24.1. The minimum Gasteiger partial charge on any atom is -0.355 e. The Hall–Kier alpha value is -3.96. The largest absolute Gasteiger partial charge is 0.355 e. The average molecular weight is 448 g/mol. The zero-order valence-electron chi connectivity index (χ0n) is 19.1. The van der Waals surface area contributed by atoms with Crippen molar-refractivity contribution in [1.29, 1.82) is 5.26 Å². The summed E-state index contributed by atoms with van der Waals surface area (Å²) in [6.07, 6.45) is 0. The number of hydrogen-bond acceptors (Lipinski definition) is 4. The highest BCUT2D eigenvalue weighted by atomic mass is 19.1. The molecule has 1 heterocycles. The van der Waals surface area contributed by atoms with Crippen LogP contribution < -0.4 is 10.6 Å². The van der Waals surface area contributed by atoms with Gasteiger partial charge in [0.1, 0.15) is 17.7 Å². The molecule has 1 aromatic heterocycles. The van der Waals surface area contributed by atoms with Gasteiger partial charge in [0.05, 0.1) is 12.1 Å². The average Bonchev–Trinajstić information content (AvgIpc) is 3.03. The third-order valence-electron chi connectivity index (χ3n) is 5.48. The number of halogens is 1. The number of amides is 2. The van der Waals surface area contributed by atoms with Crippen LogP contribution in [0.2, 0.25) is 0 Å². The maximum Gasteiger partial charge on any atom is 0.251 e. The van der Waals surface area contributed by atoms with Crippen LogP contribution >= 0.6 is 0 Å². The molecule has 2 aromatic carbocycles. The van der Waals surface area contributed by atoms with Gasteiger partial charge in [-0.1, -0.05) is 12.1 Å². The third-order valence-corrected chi connectivity index (χ3v) is 5.48.